The zero-order valence-electron chi connectivity index (χ0n) is 11.3. The average molecular weight is 295 g/mol. The van der Waals surface area contributed by atoms with Crippen molar-refractivity contribution in [3.05, 3.63) is 34.2 Å². The fourth-order valence-corrected chi connectivity index (χ4v) is 2.74. The Bertz CT molecular complexity index is 660. The Morgan fingerprint density at radius 1 is 1.45 bits per heavy atom. The van der Waals surface area contributed by atoms with E-state index in [1.807, 2.05) is 0 Å². The van der Waals surface area contributed by atoms with Crippen molar-refractivity contribution in [1.29, 1.82) is 0 Å². The first-order chi connectivity index (χ1) is 9.70. The molecule has 106 valence electrons. The van der Waals surface area contributed by atoms with Crippen molar-refractivity contribution in [2.24, 2.45) is 0 Å². The molecule has 2 heterocycles. The van der Waals surface area contributed by atoms with Gasteiger partial charge in [-0.25, -0.2) is 9.37 Å². The standard InChI is InChI=1S/C15H16ClFN2O/c1-2-4-18-14-10-6-9(16)7-12(17)15(10)19-13-3-5-20-8-11(13)14/h6-7H,2-5,8H2,1H3,(H,18,19). The van der Waals surface area contributed by atoms with Crippen molar-refractivity contribution in [3.63, 3.8) is 0 Å². The molecular formula is C15H16ClFN2O. The minimum Gasteiger partial charge on any atom is -0.384 e. The molecule has 0 fully saturated rings. The number of benzene rings is 1. The molecule has 0 amide bonds. The van der Waals surface area contributed by atoms with Gasteiger partial charge in [-0.15, -0.1) is 0 Å². The van der Waals surface area contributed by atoms with E-state index in [-0.39, 0.29) is 5.82 Å². The van der Waals surface area contributed by atoms with E-state index in [2.05, 4.69) is 17.2 Å². The van der Waals surface area contributed by atoms with Crippen LogP contribution in [-0.4, -0.2) is 18.1 Å². The number of hydrogen-bond donors (Lipinski definition) is 1. The van der Waals surface area contributed by atoms with Crippen LogP contribution in [0.1, 0.15) is 24.6 Å². The van der Waals surface area contributed by atoms with E-state index in [0.29, 0.717) is 30.2 Å². The van der Waals surface area contributed by atoms with Crippen LogP contribution >= 0.6 is 11.6 Å². The molecular weight excluding hydrogens is 279 g/mol. The smallest absolute Gasteiger partial charge is 0.150 e. The first kappa shape index (κ1) is 13.6. The summed E-state index contributed by atoms with van der Waals surface area (Å²) < 4.78 is 19.6. The number of nitrogens with zero attached hydrogens (tertiary/aromatic N) is 1. The fourth-order valence-electron chi connectivity index (χ4n) is 2.54. The number of ether oxygens (including phenoxy) is 1. The average Bonchev–Trinajstić information content (AvgIpc) is 2.44. The number of hydrogen-bond acceptors (Lipinski definition) is 3. The Balaban J connectivity index is 2.27. The SMILES string of the molecule is CCCNc1c2c(nc3c(F)cc(Cl)cc13)CCOC2. The van der Waals surface area contributed by atoms with Gasteiger partial charge >= 0.3 is 0 Å². The van der Waals surface area contributed by atoms with Gasteiger partial charge in [0.1, 0.15) is 5.52 Å². The molecule has 0 bridgehead atoms. The highest BCUT2D eigenvalue weighted by Gasteiger charge is 2.20. The Morgan fingerprint density at radius 3 is 3.10 bits per heavy atom. The molecule has 3 nitrogen and oxygen atoms in total. The Kier molecular flexibility index (Phi) is 3.76. The first-order valence-electron chi connectivity index (χ1n) is 6.82. The minimum absolute atomic E-state index is 0.374. The maximum absolute atomic E-state index is 14.1. The highest BCUT2D eigenvalue weighted by Crippen LogP contribution is 2.34. The monoisotopic (exact) mass is 294 g/mol. The van der Waals surface area contributed by atoms with E-state index in [0.717, 1.165) is 35.3 Å². The second-order valence-corrected chi connectivity index (χ2v) is 5.36. The van der Waals surface area contributed by atoms with Crippen molar-refractivity contribution < 1.29 is 9.13 Å². The first-order valence-corrected chi connectivity index (χ1v) is 7.20. The van der Waals surface area contributed by atoms with Crippen molar-refractivity contribution in [2.45, 2.75) is 26.4 Å². The van der Waals surface area contributed by atoms with Gasteiger partial charge in [-0.2, -0.15) is 0 Å². The topological polar surface area (TPSA) is 34.2 Å². The number of rotatable bonds is 3. The molecule has 0 atom stereocenters. The second kappa shape index (κ2) is 5.54. The zero-order valence-corrected chi connectivity index (χ0v) is 12.1. The zero-order chi connectivity index (χ0) is 14.1. The largest absolute Gasteiger partial charge is 0.384 e. The summed E-state index contributed by atoms with van der Waals surface area (Å²) in [5.74, 6) is -0.374. The van der Waals surface area contributed by atoms with Crippen LogP contribution in [-0.2, 0) is 17.8 Å². The Hall–Kier alpha value is -1.39. The van der Waals surface area contributed by atoms with Crippen LogP contribution in [0.2, 0.25) is 5.02 Å². The van der Waals surface area contributed by atoms with E-state index in [4.69, 9.17) is 16.3 Å². The number of fused-ring (bicyclic) bond motifs is 2. The second-order valence-electron chi connectivity index (χ2n) is 4.93. The van der Waals surface area contributed by atoms with Crippen LogP contribution in [0, 0.1) is 5.82 Å². The summed E-state index contributed by atoms with van der Waals surface area (Å²) in [4.78, 5) is 4.47. The molecule has 0 aliphatic carbocycles. The number of anilines is 1. The van der Waals surface area contributed by atoms with Crippen molar-refractivity contribution >= 4 is 28.2 Å². The molecule has 1 aliphatic heterocycles. The number of halogens is 2. The maximum Gasteiger partial charge on any atom is 0.150 e. The van der Waals surface area contributed by atoms with E-state index in [1.54, 1.807) is 6.07 Å². The molecule has 3 rings (SSSR count). The van der Waals surface area contributed by atoms with Gasteiger partial charge in [-0.3, -0.25) is 0 Å². The minimum atomic E-state index is -0.374. The number of pyridine rings is 1. The van der Waals surface area contributed by atoms with Gasteiger partial charge in [0, 0.05) is 28.9 Å². The molecule has 5 heteroatoms. The Labute approximate surface area is 122 Å². The number of aromatic nitrogens is 1. The van der Waals surface area contributed by atoms with E-state index in [1.165, 1.54) is 6.07 Å². The van der Waals surface area contributed by atoms with Crippen LogP contribution in [0.3, 0.4) is 0 Å². The molecule has 1 aliphatic rings. The molecule has 0 saturated heterocycles. The molecule has 0 saturated carbocycles. The van der Waals surface area contributed by atoms with Crippen LogP contribution in [0.15, 0.2) is 12.1 Å². The molecule has 1 aromatic carbocycles. The molecule has 0 radical (unpaired) electrons. The van der Waals surface area contributed by atoms with Crippen molar-refractivity contribution in [2.75, 3.05) is 18.5 Å². The summed E-state index contributed by atoms with van der Waals surface area (Å²) >= 11 is 5.99. The fraction of sp³-hybridized carbons (Fsp3) is 0.400. The predicted octanol–water partition coefficient (Wildman–Crippen LogP) is 3.92. The summed E-state index contributed by atoms with van der Waals surface area (Å²) in [6.45, 7) is 4.05. The number of nitrogens with one attached hydrogen (secondary N) is 1. The summed E-state index contributed by atoms with van der Waals surface area (Å²) in [5.41, 5.74) is 3.24. The van der Waals surface area contributed by atoms with Gasteiger partial charge < -0.3 is 10.1 Å². The lowest BCUT2D eigenvalue weighted by atomic mass is 10.0. The van der Waals surface area contributed by atoms with Gasteiger partial charge in [-0.1, -0.05) is 18.5 Å². The highest BCUT2D eigenvalue weighted by molar-refractivity contribution is 6.31. The Morgan fingerprint density at radius 2 is 2.30 bits per heavy atom. The summed E-state index contributed by atoms with van der Waals surface area (Å²) in [6.07, 6.45) is 1.70. The summed E-state index contributed by atoms with van der Waals surface area (Å²) in [6, 6.07) is 3.08. The van der Waals surface area contributed by atoms with Gasteiger partial charge in [0.15, 0.2) is 5.82 Å². The lowest BCUT2D eigenvalue weighted by Crippen LogP contribution is -2.16. The molecule has 0 spiro atoms. The molecule has 0 unspecified atom stereocenters. The lowest BCUT2D eigenvalue weighted by molar-refractivity contribution is 0.110. The predicted molar refractivity (Wildman–Crippen MR) is 78.9 cm³/mol. The summed E-state index contributed by atoms with van der Waals surface area (Å²) in [5, 5.41) is 4.49. The third-order valence-electron chi connectivity index (χ3n) is 3.48. The van der Waals surface area contributed by atoms with Crippen LogP contribution < -0.4 is 5.32 Å². The van der Waals surface area contributed by atoms with E-state index < -0.39 is 0 Å². The van der Waals surface area contributed by atoms with Crippen molar-refractivity contribution in [3.8, 4) is 0 Å². The highest BCUT2D eigenvalue weighted by atomic mass is 35.5. The van der Waals surface area contributed by atoms with Gasteiger partial charge in [0.25, 0.3) is 0 Å². The van der Waals surface area contributed by atoms with E-state index in [9.17, 15) is 4.39 Å². The lowest BCUT2D eigenvalue weighted by Gasteiger charge is -2.22. The third-order valence-corrected chi connectivity index (χ3v) is 3.69. The molecule has 20 heavy (non-hydrogen) atoms. The van der Waals surface area contributed by atoms with Gasteiger partial charge in [0.05, 0.1) is 24.6 Å². The molecule has 1 N–H and O–H groups in total. The van der Waals surface area contributed by atoms with Crippen LogP contribution in [0.5, 0.6) is 0 Å². The normalized spacial score (nSPS) is 14.3. The van der Waals surface area contributed by atoms with Crippen molar-refractivity contribution in [1.82, 2.24) is 4.98 Å². The molecule has 1 aromatic heterocycles. The van der Waals surface area contributed by atoms with E-state index >= 15 is 0 Å². The van der Waals surface area contributed by atoms with Gasteiger partial charge in [0.2, 0.25) is 0 Å². The van der Waals surface area contributed by atoms with Crippen LogP contribution in [0.25, 0.3) is 10.9 Å². The van der Waals surface area contributed by atoms with Crippen LogP contribution in [0.4, 0.5) is 10.1 Å². The quantitative estimate of drug-likeness (QED) is 0.931. The summed E-state index contributed by atoms with van der Waals surface area (Å²) in [7, 11) is 0. The third kappa shape index (κ3) is 2.34. The molecule has 2 aromatic rings. The van der Waals surface area contributed by atoms with Gasteiger partial charge in [-0.05, 0) is 18.6 Å². The maximum atomic E-state index is 14.1.